The minimum absolute atomic E-state index is 0.0517. The second-order valence-electron chi connectivity index (χ2n) is 9.72. The van der Waals surface area contributed by atoms with E-state index in [0.717, 1.165) is 12.2 Å². The van der Waals surface area contributed by atoms with Gasteiger partial charge in [0.2, 0.25) is 5.91 Å². The fourth-order valence-electron chi connectivity index (χ4n) is 4.58. The zero-order valence-corrected chi connectivity index (χ0v) is 23.2. The quantitative estimate of drug-likeness (QED) is 0.233. The summed E-state index contributed by atoms with van der Waals surface area (Å²) in [6, 6.07) is 17.7. The predicted octanol–water partition coefficient (Wildman–Crippen LogP) is 4.99. The van der Waals surface area contributed by atoms with Crippen molar-refractivity contribution in [3.05, 3.63) is 89.9 Å². The average Bonchev–Trinajstić information content (AvgIpc) is 3.30. The highest BCUT2D eigenvalue weighted by molar-refractivity contribution is 6.22. The van der Waals surface area contributed by atoms with E-state index in [1.807, 2.05) is 49.3 Å². The molecule has 0 radical (unpaired) electrons. The highest BCUT2D eigenvalue weighted by Gasteiger charge is 2.22. The molecule has 1 aliphatic heterocycles. The Labute approximate surface area is 237 Å². The van der Waals surface area contributed by atoms with E-state index in [2.05, 4.69) is 4.98 Å². The van der Waals surface area contributed by atoms with Crippen molar-refractivity contribution in [2.24, 2.45) is 4.99 Å². The molecule has 0 bridgehead atoms. The minimum atomic E-state index is -0.485. The number of nitrogens with one attached hydrogen (secondary N) is 1. The summed E-state index contributed by atoms with van der Waals surface area (Å²) >= 11 is 0. The molecule has 4 aromatic rings. The van der Waals surface area contributed by atoms with Gasteiger partial charge >= 0.3 is 5.97 Å². The number of hydrogen-bond donors (Lipinski definition) is 2. The van der Waals surface area contributed by atoms with Crippen LogP contribution in [-0.2, 0) is 9.53 Å². The van der Waals surface area contributed by atoms with Gasteiger partial charge in [0.05, 0.1) is 29.6 Å². The van der Waals surface area contributed by atoms with Crippen LogP contribution >= 0.6 is 0 Å². The minimum Gasteiger partial charge on any atom is -0.494 e. The number of aromatic hydroxyl groups is 1. The van der Waals surface area contributed by atoms with Gasteiger partial charge in [0.1, 0.15) is 12.5 Å². The zero-order chi connectivity index (χ0) is 29.1. The maximum Gasteiger partial charge on any atom is 0.337 e. The van der Waals surface area contributed by atoms with E-state index in [1.165, 1.54) is 19.6 Å². The smallest absolute Gasteiger partial charge is 0.337 e. The normalized spacial score (nSPS) is 12.6. The SMILES string of the molecule is COC(=O)c1ccc2c(C(=Nc3ccc(N(CCN(C)C)C(C)=O)cc3)c3ccc4c(c3)OC=CO4)c(O)[nH]c2c1. The van der Waals surface area contributed by atoms with Gasteiger partial charge in [0, 0.05) is 42.2 Å². The molecule has 0 atom stereocenters. The van der Waals surface area contributed by atoms with Crippen LogP contribution in [0.3, 0.4) is 0 Å². The molecule has 0 unspecified atom stereocenters. The lowest BCUT2D eigenvalue weighted by Crippen LogP contribution is -2.35. The van der Waals surface area contributed by atoms with Crippen LogP contribution in [0.1, 0.15) is 28.4 Å². The summed E-state index contributed by atoms with van der Waals surface area (Å²) in [4.78, 5) is 36.0. The van der Waals surface area contributed by atoms with Gasteiger partial charge in [0.25, 0.3) is 0 Å². The first-order valence-electron chi connectivity index (χ1n) is 12.9. The van der Waals surface area contributed by atoms with Crippen molar-refractivity contribution in [3.8, 4) is 17.4 Å². The number of aromatic amines is 1. The van der Waals surface area contributed by atoms with Crippen LogP contribution in [0.15, 0.2) is 78.2 Å². The number of carbonyl (C=O) groups is 2. The predicted molar refractivity (Wildman–Crippen MR) is 156 cm³/mol. The Morgan fingerprint density at radius 3 is 2.32 bits per heavy atom. The molecule has 210 valence electrons. The van der Waals surface area contributed by atoms with Gasteiger partial charge in [-0.15, -0.1) is 0 Å². The number of anilines is 1. The van der Waals surface area contributed by atoms with Gasteiger partial charge in [-0.1, -0.05) is 6.07 Å². The van der Waals surface area contributed by atoms with Crippen molar-refractivity contribution in [1.82, 2.24) is 9.88 Å². The first kappa shape index (κ1) is 27.5. The molecule has 1 amide bonds. The average molecular weight is 555 g/mol. The Hall–Kier alpha value is -5.09. The molecule has 0 fully saturated rings. The summed E-state index contributed by atoms with van der Waals surface area (Å²) in [5.74, 6) is 0.399. The van der Waals surface area contributed by atoms with Gasteiger partial charge in [-0.3, -0.25) is 4.79 Å². The molecule has 41 heavy (non-hydrogen) atoms. The van der Waals surface area contributed by atoms with Crippen molar-refractivity contribution in [2.45, 2.75) is 6.92 Å². The molecular formula is C31H30N4O6. The number of aliphatic imine (C=N–C) groups is 1. The number of ether oxygens (including phenoxy) is 3. The number of hydrogen-bond acceptors (Lipinski definition) is 8. The van der Waals surface area contributed by atoms with Crippen molar-refractivity contribution in [3.63, 3.8) is 0 Å². The number of benzene rings is 3. The van der Waals surface area contributed by atoms with Gasteiger partial charge < -0.3 is 34.1 Å². The van der Waals surface area contributed by atoms with Gasteiger partial charge in [0.15, 0.2) is 17.4 Å². The highest BCUT2D eigenvalue weighted by atomic mass is 16.5. The monoisotopic (exact) mass is 554 g/mol. The largest absolute Gasteiger partial charge is 0.494 e. The number of nitrogens with zero attached hydrogens (tertiary/aromatic N) is 3. The molecule has 3 aromatic carbocycles. The summed E-state index contributed by atoms with van der Waals surface area (Å²) in [5.41, 5.74) is 3.83. The maximum atomic E-state index is 12.3. The van der Waals surface area contributed by atoms with Crippen LogP contribution in [-0.4, -0.2) is 66.9 Å². The Kier molecular flexibility index (Phi) is 7.75. The van der Waals surface area contributed by atoms with E-state index in [-0.39, 0.29) is 11.8 Å². The first-order valence-corrected chi connectivity index (χ1v) is 12.9. The van der Waals surface area contributed by atoms with Crippen LogP contribution in [0.25, 0.3) is 10.9 Å². The van der Waals surface area contributed by atoms with E-state index in [9.17, 15) is 14.7 Å². The molecule has 2 N–H and O–H groups in total. The highest BCUT2D eigenvalue weighted by Crippen LogP contribution is 2.36. The summed E-state index contributed by atoms with van der Waals surface area (Å²) in [5, 5.41) is 11.7. The molecule has 2 heterocycles. The maximum absolute atomic E-state index is 12.3. The number of aromatic nitrogens is 1. The summed E-state index contributed by atoms with van der Waals surface area (Å²) in [6.45, 7) is 2.82. The van der Waals surface area contributed by atoms with Gasteiger partial charge in [-0.2, -0.15) is 0 Å². The third-order valence-corrected chi connectivity index (χ3v) is 6.65. The van der Waals surface area contributed by atoms with Gasteiger partial charge in [-0.25, -0.2) is 9.79 Å². The Morgan fingerprint density at radius 2 is 1.63 bits per heavy atom. The van der Waals surface area contributed by atoms with E-state index >= 15 is 0 Å². The van der Waals surface area contributed by atoms with Crippen molar-refractivity contribution < 1.29 is 28.9 Å². The molecule has 0 aliphatic carbocycles. The number of rotatable bonds is 8. The third-order valence-electron chi connectivity index (χ3n) is 6.65. The zero-order valence-electron chi connectivity index (χ0n) is 23.2. The number of carbonyl (C=O) groups excluding carboxylic acids is 2. The van der Waals surface area contributed by atoms with E-state index in [1.54, 1.807) is 42.2 Å². The second kappa shape index (κ2) is 11.6. The van der Waals surface area contributed by atoms with Crippen molar-refractivity contribution in [1.29, 1.82) is 0 Å². The number of likely N-dealkylation sites (N-methyl/N-ethyl adjacent to an activating group) is 1. The number of methoxy groups -OCH3 is 1. The third kappa shape index (κ3) is 5.78. The lowest BCUT2D eigenvalue weighted by molar-refractivity contribution is -0.116. The molecular weight excluding hydrogens is 524 g/mol. The standard InChI is InChI=1S/C31H30N4O6/c1-19(36)35(14-13-34(2)3)23-9-7-22(8-10-23)32-29(20-6-12-26-27(18-20)41-16-15-40-26)28-24-11-5-21(31(38)39-4)17-25(24)33-30(28)37/h5-12,15-18,33,37H,13-14H2,1-4H3. The molecule has 1 aliphatic rings. The number of amides is 1. The number of esters is 1. The van der Waals surface area contributed by atoms with E-state index in [4.69, 9.17) is 19.2 Å². The summed E-state index contributed by atoms with van der Waals surface area (Å²) in [6.07, 6.45) is 2.89. The lowest BCUT2D eigenvalue weighted by Gasteiger charge is -2.23. The van der Waals surface area contributed by atoms with Gasteiger partial charge in [-0.05, 0) is 68.7 Å². The molecule has 0 spiro atoms. The molecule has 0 saturated carbocycles. The Morgan fingerprint density at radius 1 is 0.927 bits per heavy atom. The van der Waals surface area contributed by atoms with Crippen LogP contribution in [0.2, 0.25) is 0 Å². The van der Waals surface area contributed by atoms with Crippen LogP contribution in [0.4, 0.5) is 11.4 Å². The first-order chi connectivity index (χ1) is 19.7. The van der Waals surface area contributed by atoms with Crippen molar-refractivity contribution >= 4 is 39.9 Å². The fourth-order valence-corrected chi connectivity index (χ4v) is 4.58. The molecule has 5 rings (SSSR count). The molecule has 10 nitrogen and oxygen atoms in total. The summed E-state index contributed by atoms with van der Waals surface area (Å²) < 4.78 is 16.0. The Balaban J connectivity index is 1.61. The topological polar surface area (TPSA) is 117 Å². The fraction of sp³-hybridized carbons (Fsp3) is 0.194. The van der Waals surface area contributed by atoms with Crippen LogP contribution in [0, 0.1) is 0 Å². The molecule has 10 heteroatoms. The van der Waals surface area contributed by atoms with Crippen LogP contribution in [0.5, 0.6) is 17.4 Å². The molecule has 0 saturated heterocycles. The number of H-pyrrole nitrogens is 1. The van der Waals surface area contributed by atoms with E-state index in [0.29, 0.717) is 57.0 Å². The molecule has 1 aromatic heterocycles. The second-order valence-corrected chi connectivity index (χ2v) is 9.72. The van der Waals surface area contributed by atoms with E-state index < -0.39 is 5.97 Å². The Bertz CT molecular complexity index is 1670. The lowest BCUT2D eigenvalue weighted by atomic mass is 9.99. The summed E-state index contributed by atoms with van der Waals surface area (Å²) in [7, 11) is 5.24. The number of fused-ring (bicyclic) bond motifs is 2. The van der Waals surface area contributed by atoms with Crippen molar-refractivity contribution in [2.75, 3.05) is 39.2 Å². The van der Waals surface area contributed by atoms with Crippen LogP contribution < -0.4 is 14.4 Å².